The van der Waals surface area contributed by atoms with Gasteiger partial charge in [-0.05, 0) is 49.2 Å². The summed E-state index contributed by atoms with van der Waals surface area (Å²) in [5.74, 6) is 1.59. The van der Waals surface area contributed by atoms with E-state index >= 15 is 0 Å². The molecule has 27 heavy (non-hydrogen) atoms. The van der Waals surface area contributed by atoms with E-state index in [2.05, 4.69) is 20.0 Å². The number of aryl methyl sites for hydroxylation is 2. The number of hydrogen-bond donors (Lipinski definition) is 1. The highest BCUT2D eigenvalue weighted by molar-refractivity contribution is 5.81. The molecule has 1 aliphatic rings. The molecule has 4 rings (SSSR count). The Morgan fingerprint density at radius 1 is 1.07 bits per heavy atom. The molecule has 140 valence electrons. The number of ether oxygens (including phenoxy) is 2. The molecule has 1 aromatic heterocycles. The summed E-state index contributed by atoms with van der Waals surface area (Å²) in [4.78, 5) is 13.2. The smallest absolute Gasteiger partial charge is 0.336 e. The van der Waals surface area contributed by atoms with E-state index in [-0.39, 0.29) is 11.7 Å². The van der Waals surface area contributed by atoms with Crippen molar-refractivity contribution in [2.75, 3.05) is 20.2 Å². The van der Waals surface area contributed by atoms with Crippen LogP contribution in [0.1, 0.15) is 16.7 Å². The Morgan fingerprint density at radius 3 is 2.63 bits per heavy atom. The lowest BCUT2D eigenvalue weighted by Gasteiger charge is -2.28. The van der Waals surface area contributed by atoms with Crippen molar-refractivity contribution < 1.29 is 18.8 Å². The van der Waals surface area contributed by atoms with Crippen molar-refractivity contribution in [1.29, 1.82) is 0 Å². The van der Waals surface area contributed by atoms with Gasteiger partial charge in [-0.15, -0.1) is 0 Å². The van der Waals surface area contributed by atoms with Crippen LogP contribution in [0.15, 0.2) is 51.7 Å². The van der Waals surface area contributed by atoms with Crippen LogP contribution in [0.25, 0.3) is 11.0 Å². The summed E-state index contributed by atoms with van der Waals surface area (Å²) in [6.45, 7) is 6.12. The maximum Gasteiger partial charge on any atom is 0.336 e. The molecule has 3 aromatic rings. The van der Waals surface area contributed by atoms with E-state index in [0.29, 0.717) is 18.7 Å². The number of fused-ring (bicyclic) bond motifs is 2. The molecule has 1 unspecified atom stereocenters. The first kappa shape index (κ1) is 17.6. The summed E-state index contributed by atoms with van der Waals surface area (Å²) in [7, 11) is 2.10. The third-order valence-electron chi connectivity index (χ3n) is 5.08. The Labute approximate surface area is 158 Å². The molecule has 1 N–H and O–H groups in total. The average molecular weight is 366 g/mol. The van der Waals surface area contributed by atoms with E-state index < -0.39 is 0 Å². The Morgan fingerprint density at radius 2 is 1.81 bits per heavy atom. The minimum Gasteiger partial charge on any atom is -0.486 e. The Hall–Kier alpha value is -2.79. The minimum absolute atomic E-state index is 0.0183. The molecule has 5 heteroatoms. The summed E-state index contributed by atoms with van der Waals surface area (Å²) in [6.07, 6.45) is -0.0183. The lowest BCUT2D eigenvalue weighted by Crippen LogP contribution is -3.09. The van der Waals surface area contributed by atoms with Crippen LogP contribution < -0.4 is 20.0 Å². The van der Waals surface area contributed by atoms with Crippen LogP contribution in [-0.4, -0.2) is 26.3 Å². The van der Waals surface area contributed by atoms with Crippen molar-refractivity contribution in [2.45, 2.75) is 26.5 Å². The van der Waals surface area contributed by atoms with E-state index in [1.165, 1.54) is 10.5 Å². The second kappa shape index (κ2) is 7.08. The molecule has 0 saturated heterocycles. The van der Waals surface area contributed by atoms with Gasteiger partial charge in [0.15, 0.2) is 17.6 Å². The fraction of sp³-hybridized carbons (Fsp3) is 0.318. The number of likely N-dealkylation sites (N-methyl/N-ethyl adjacent to an activating group) is 1. The second-order valence-electron chi connectivity index (χ2n) is 7.36. The molecular weight excluding hydrogens is 342 g/mol. The Kier molecular flexibility index (Phi) is 4.62. The summed E-state index contributed by atoms with van der Waals surface area (Å²) in [5.41, 5.74) is 3.66. The molecule has 5 nitrogen and oxygen atoms in total. The van der Waals surface area contributed by atoms with E-state index in [9.17, 15) is 4.79 Å². The van der Waals surface area contributed by atoms with Gasteiger partial charge in [0.05, 0.1) is 7.05 Å². The van der Waals surface area contributed by atoms with E-state index in [4.69, 9.17) is 13.9 Å². The minimum atomic E-state index is -0.306. The topological polar surface area (TPSA) is 53.1 Å². The highest BCUT2D eigenvalue weighted by Crippen LogP contribution is 2.30. The maximum atomic E-state index is 12.0. The standard InChI is InChI=1S/C22H23NO4/c1-14-8-18-16(10-22(24)27-21(18)9-15(14)2)11-23(3)12-17-13-25-19-6-4-5-7-20(19)26-17/h4-10,17H,11-13H2,1-3H3/p+1/t17-/m0/s1. The molecule has 2 atom stereocenters. The van der Waals surface area contributed by atoms with Crippen LogP contribution in [0.3, 0.4) is 0 Å². The van der Waals surface area contributed by atoms with Gasteiger partial charge >= 0.3 is 5.63 Å². The van der Waals surface area contributed by atoms with Crippen molar-refractivity contribution in [1.82, 2.24) is 0 Å². The summed E-state index contributed by atoms with van der Waals surface area (Å²) < 4.78 is 17.3. The fourth-order valence-electron chi connectivity index (χ4n) is 3.58. The number of quaternary nitrogens is 1. The molecule has 0 amide bonds. The monoisotopic (exact) mass is 366 g/mol. The molecule has 0 spiro atoms. The highest BCUT2D eigenvalue weighted by Gasteiger charge is 2.24. The Bertz CT molecular complexity index is 1040. The predicted octanol–water partition coefficient (Wildman–Crippen LogP) is 2.26. The van der Waals surface area contributed by atoms with Crippen molar-refractivity contribution in [3.05, 3.63) is 69.6 Å². The van der Waals surface area contributed by atoms with Crippen molar-refractivity contribution >= 4 is 11.0 Å². The zero-order valence-electron chi connectivity index (χ0n) is 15.9. The van der Waals surface area contributed by atoms with Gasteiger partial charge in [-0.25, -0.2) is 4.79 Å². The molecule has 2 heterocycles. The van der Waals surface area contributed by atoms with Crippen LogP contribution in [0, 0.1) is 13.8 Å². The number of para-hydroxylation sites is 2. The molecule has 0 fully saturated rings. The van der Waals surface area contributed by atoms with Gasteiger partial charge in [0.25, 0.3) is 0 Å². The molecule has 2 aromatic carbocycles. The lowest BCUT2D eigenvalue weighted by atomic mass is 10.0. The number of benzene rings is 2. The summed E-state index contributed by atoms with van der Waals surface area (Å²) in [6, 6.07) is 13.4. The van der Waals surface area contributed by atoms with Crippen molar-refractivity contribution in [3.8, 4) is 11.5 Å². The van der Waals surface area contributed by atoms with Crippen LogP contribution >= 0.6 is 0 Å². The van der Waals surface area contributed by atoms with Gasteiger partial charge in [0, 0.05) is 17.0 Å². The molecule has 0 aliphatic carbocycles. The largest absolute Gasteiger partial charge is 0.486 e. The van der Waals surface area contributed by atoms with Crippen molar-refractivity contribution in [3.63, 3.8) is 0 Å². The normalized spacial score (nSPS) is 17.1. The summed E-state index contributed by atoms with van der Waals surface area (Å²) in [5, 5.41) is 1.00. The molecule has 0 bridgehead atoms. The van der Waals surface area contributed by atoms with E-state index in [1.807, 2.05) is 37.3 Å². The number of rotatable bonds is 4. The molecule has 0 saturated carbocycles. The van der Waals surface area contributed by atoms with Crippen LogP contribution in [-0.2, 0) is 6.54 Å². The van der Waals surface area contributed by atoms with Gasteiger partial charge in [-0.3, -0.25) is 0 Å². The first-order valence-electron chi connectivity index (χ1n) is 9.23. The van der Waals surface area contributed by atoms with Gasteiger partial charge in [0.1, 0.15) is 25.3 Å². The number of nitrogens with one attached hydrogen (secondary N) is 1. The first-order chi connectivity index (χ1) is 13.0. The second-order valence-corrected chi connectivity index (χ2v) is 7.36. The zero-order chi connectivity index (χ0) is 19.0. The lowest BCUT2D eigenvalue weighted by molar-refractivity contribution is -0.896. The predicted molar refractivity (Wildman–Crippen MR) is 104 cm³/mol. The van der Waals surface area contributed by atoms with Crippen LogP contribution in [0.2, 0.25) is 0 Å². The molecule has 1 aliphatic heterocycles. The van der Waals surface area contributed by atoms with Crippen LogP contribution in [0.4, 0.5) is 0 Å². The Balaban J connectivity index is 1.52. The highest BCUT2D eigenvalue weighted by atomic mass is 16.6. The zero-order valence-corrected chi connectivity index (χ0v) is 15.9. The fourth-order valence-corrected chi connectivity index (χ4v) is 3.58. The molecule has 0 radical (unpaired) electrons. The quantitative estimate of drug-likeness (QED) is 0.720. The van der Waals surface area contributed by atoms with Gasteiger partial charge in [-0.2, -0.15) is 0 Å². The van der Waals surface area contributed by atoms with E-state index in [1.54, 1.807) is 6.07 Å². The van der Waals surface area contributed by atoms with Gasteiger partial charge in [0.2, 0.25) is 0 Å². The number of hydrogen-bond acceptors (Lipinski definition) is 4. The first-order valence-corrected chi connectivity index (χ1v) is 9.23. The van der Waals surface area contributed by atoms with Gasteiger partial charge in [-0.1, -0.05) is 12.1 Å². The third-order valence-corrected chi connectivity index (χ3v) is 5.08. The summed E-state index contributed by atoms with van der Waals surface area (Å²) >= 11 is 0. The SMILES string of the molecule is Cc1cc2oc(=O)cc(C[NH+](C)C[C@H]3COc4ccccc4O3)c2cc1C. The van der Waals surface area contributed by atoms with Crippen LogP contribution in [0.5, 0.6) is 11.5 Å². The maximum absolute atomic E-state index is 12.0. The average Bonchev–Trinajstić information content (AvgIpc) is 2.63. The van der Waals surface area contributed by atoms with E-state index in [0.717, 1.165) is 34.6 Å². The van der Waals surface area contributed by atoms with Gasteiger partial charge < -0.3 is 18.8 Å². The van der Waals surface area contributed by atoms with Crippen molar-refractivity contribution in [2.24, 2.45) is 0 Å². The third kappa shape index (κ3) is 3.69. The molecular formula is C22H24NO4+.